The quantitative estimate of drug-likeness (QED) is 0.0817. The number of allylic oxidation sites excluding steroid dienone is 2. The molecule has 8 fully saturated rings. The van der Waals surface area contributed by atoms with Gasteiger partial charge in [-0.05, 0) is 103 Å². The summed E-state index contributed by atoms with van der Waals surface area (Å²) in [5.41, 5.74) is -1.48. The van der Waals surface area contributed by atoms with Gasteiger partial charge >= 0.3 is 5.97 Å². The van der Waals surface area contributed by atoms with Crippen molar-refractivity contribution in [1.82, 2.24) is 5.32 Å². The smallest absolute Gasteiger partial charge is 0.312 e. The normalized spacial score (nSPS) is 52.4. The van der Waals surface area contributed by atoms with Crippen LogP contribution in [0.1, 0.15) is 113 Å². The van der Waals surface area contributed by atoms with E-state index in [2.05, 4.69) is 59.9 Å². The van der Waals surface area contributed by atoms with E-state index in [4.69, 9.17) is 37.9 Å². The summed E-state index contributed by atoms with van der Waals surface area (Å²) in [4.78, 5) is 25.9. The van der Waals surface area contributed by atoms with E-state index in [1.54, 1.807) is 0 Å². The minimum absolute atomic E-state index is 0.0672. The Morgan fingerprint density at radius 2 is 1.31 bits per heavy atom. The van der Waals surface area contributed by atoms with Gasteiger partial charge in [-0.25, -0.2) is 0 Å². The number of carbonyl (C=O) groups is 2. The van der Waals surface area contributed by atoms with Crippen molar-refractivity contribution in [2.75, 3.05) is 26.4 Å². The van der Waals surface area contributed by atoms with Crippen molar-refractivity contribution in [2.24, 2.45) is 50.2 Å². The average Bonchev–Trinajstić information content (AvgIpc) is 3.35. The van der Waals surface area contributed by atoms with Crippen molar-refractivity contribution in [3.05, 3.63) is 11.6 Å². The molecular formula is C54H87NO22. The van der Waals surface area contributed by atoms with Crippen LogP contribution in [0.5, 0.6) is 0 Å². The molecule has 27 atom stereocenters. The zero-order valence-electron chi connectivity index (χ0n) is 45.5. The number of aliphatic carboxylic acids is 1. The topological polar surface area (TPSA) is 363 Å². The lowest BCUT2D eigenvalue weighted by atomic mass is 9.33. The minimum atomic E-state index is -1.90. The summed E-state index contributed by atoms with van der Waals surface area (Å²) in [6, 6.07) is -1.22. The van der Waals surface area contributed by atoms with Gasteiger partial charge in [0.25, 0.3) is 0 Å². The number of carboxylic acid groups (broad SMARTS) is 1. The molecule has 440 valence electrons. The van der Waals surface area contributed by atoms with Gasteiger partial charge in [0.05, 0.1) is 38.6 Å². The van der Waals surface area contributed by atoms with Crippen LogP contribution >= 0.6 is 0 Å². The van der Waals surface area contributed by atoms with Crippen LogP contribution in [0.15, 0.2) is 11.6 Å². The van der Waals surface area contributed by atoms with Gasteiger partial charge < -0.3 is 104 Å². The van der Waals surface area contributed by atoms with E-state index in [0.717, 1.165) is 32.1 Å². The van der Waals surface area contributed by atoms with Gasteiger partial charge in [0, 0.05) is 6.92 Å². The van der Waals surface area contributed by atoms with Crippen molar-refractivity contribution in [2.45, 2.75) is 236 Å². The van der Waals surface area contributed by atoms with E-state index < -0.39 is 177 Å². The largest absolute Gasteiger partial charge is 0.481 e. The molecule has 0 spiro atoms. The highest BCUT2D eigenvalue weighted by Crippen LogP contribution is 2.76. The van der Waals surface area contributed by atoms with Crippen LogP contribution in [0.3, 0.4) is 0 Å². The summed E-state index contributed by atoms with van der Waals surface area (Å²) in [5.74, 6) is -1.37. The number of aliphatic hydroxyl groups excluding tert-OH is 11. The Kier molecular flexibility index (Phi) is 16.7. The molecule has 5 aliphatic carbocycles. The van der Waals surface area contributed by atoms with Crippen LogP contribution in [0.25, 0.3) is 0 Å². The number of amides is 1. The summed E-state index contributed by atoms with van der Waals surface area (Å²) < 4.78 is 47.8. The molecule has 9 rings (SSSR count). The number of aliphatic hydroxyl groups is 11. The van der Waals surface area contributed by atoms with Crippen LogP contribution in [0, 0.1) is 50.2 Å². The minimum Gasteiger partial charge on any atom is -0.481 e. The number of hydrogen-bond donors (Lipinski definition) is 13. The monoisotopic (exact) mass is 1100 g/mol. The van der Waals surface area contributed by atoms with E-state index in [0.29, 0.717) is 25.7 Å². The van der Waals surface area contributed by atoms with Gasteiger partial charge in [0.2, 0.25) is 5.91 Å². The van der Waals surface area contributed by atoms with Crippen LogP contribution in [-0.4, -0.2) is 222 Å². The summed E-state index contributed by atoms with van der Waals surface area (Å²) in [6.45, 7) is 14.8. The molecule has 27 unspecified atom stereocenters. The second-order valence-electron chi connectivity index (χ2n) is 26.3. The molecule has 9 aliphatic rings. The zero-order valence-corrected chi connectivity index (χ0v) is 45.5. The number of ether oxygens (including phenoxy) is 8. The molecule has 0 aromatic heterocycles. The van der Waals surface area contributed by atoms with Gasteiger partial charge in [0.1, 0.15) is 90.8 Å². The summed E-state index contributed by atoms with van der Waals surface area (Å²) in [6.07, 6.45) is -20.8. The maximum atomic E-state index is 13.2. The first-order valence-electron chi connectivity index (χ1n) is 27.7. The Morgan fingerprint density at radius 3 is 1.99 bits per heavy atom. The van der Waals surface area contributed by atoms with Crippen molar-refractivity contribution in [3.63, 3.8) is 0 Å². The van der Waals surface area contributed by atoms with Crippen molar-refractivity contribution in [1.29, 1.82) is 0 Å². The molecular weight excluding hydrogens is 1010 g/mol. The van der Waals surface area contributed by atoms with Crippen molar-refractivity contribution in [3.8, 4) is 0 Å². The predicted molar refractivity (Wildman–Crippen MR) is 264 cm³/mol. The van der Waals surface area contributed by atoms with Crippen LogP contribution in [-0.2, 0) is 47.5 Å². The van der Waals surface area contributed by atoms with Crippen molar-refractivity contribution < 1.29 is 109 Å². The number of hydrogen-bond acceptors (Lipinski definition) is 21. The Bertz CT molecular complexity index is 2170. The molecule has 13 N–H and O–H groups in total. The fourth-order valence-electron chi connectivity index (χ4n) is 16.5. The number of fused-ring (bicyclic) bond motifs is 7. The molecule has 4 heterocycles. The molecule has 77 heavy (non-hydrogen) atoms. The highest BCUT2D eigenvalue weighted by Gasteiger charge is 2.72. The predicted octanol–water partition coefficient (Wildman–Crippen LogP) is -1.08. The molecule has 0 radical (unpaired) electrons. The lowest BCUT2D eigenvalue weighted by Gasteiger charge is -2.71. The molecule has 4 saturated carbocycles. The van der Waals surface area contributed by atoms with E-state index in [-0.39, 0.29) is 34.0 Å². The van der Waals surface area contributed by atoms with Crippen molar-refractivity contribution >= 4 is 11.9 Å². The lowest BCUT2D eigenvalue weighted by Crippen LogP contribution is -2.68. The average molecular weight is 1100 g/mol. The number of rotatable bonds is 12. The molecule has 4 aliphatic heterocycles. The number of nitrogens with one attached hydrogen (secondary N) is 1. The molecule has 23 nitrogen and oxygen atoms in total. The first-order chi connectivity index (χ1) is 36.0. The number of carbonyl (C=O) groups excluding carboxylic acids is 1. The second-order valence-corrected chi connectivity index (χ2v) is 26.3. The summed E-state index contributed by atoms with van der Waals surface area (Å²) in [7, 11) is 0. The SMILES string of the molecule is CC(=O)NC1C(OC2CCC3(C)C(CCC4(C)C3CC=C3C5CC(C)(C)CCC5(C(=O)O)C(O)CC34C)C2(C)C)OC(COC2OCC(O)C(O)C2OC2OCC(O)C(OC3OC(CO)C(O)C(O)C3O)C2O)C(O)C1O. The van der Waals surface area contributed by atoms with Gasteiger partial charge in [-0.15, -0.1) is 0 Å². The van der Waals surface area contributed by atoms with Gasteiger partial charge in [-0.1, -0.05) is 60.1 Å². The molecule has 23 heteroatoms. The van der Waals surface area contributed by atoms with Gasteiger partial charge in [0.15, 0.2) is 25.2 Å². The third-order valence-electron chi connectivity index (χ3n) is 21.1. The molecule has 1 amide bonds. The lowest BCUT2D eigenvalue weighted by molar-refractivity contribution is -0.371. The molecule has 0 aromatic rings. The Hall–Kier alpha value is -2.08. The van der Waals surface area contributed by atoms with Crippen LogP contribution in [0.4, 0.5) is 0 Å². The third-order valence-corrected chi connectivity index (χ3v) is 21.1. The summed E-state index contributed by atoms with van der Waals surface area (Å²) in [5, 5.41) is 134. The molecule has 0 aromatic carbocycles. The Morgan fingerprint density at radius 1 is 0.662 bits per heavy atom. The summed E-state index contributed by atoms with van der Waals surface area (Å²) >= 11 is 0. The van der Waals surface area contributed by atoms with E-state index >= 15 is 0 Å². The standard InChI is InChI=1S/C54H87NO22/c1-23(57)55-34-38(64)37(63)29(22-72-47-43(35(61)26(58)20-71-47)77-45-41(67)42(27(59)21-70-45)76-46-40(66)39(65)36(62)28(19-56)73-46)74-44(34)75-33-12-13-51(6)30(50(33,4)5)11-14-52(7)31(51)10-9-24-25-17-49(2,3)15-16-54(25,48(68)69)32(60)18-53(24,52)8/h9,25-47,56,58-67H,10-22H2,1-8H3,(H,55,57)(H,68,69). The van der Waals surface area contributed by atoms with Gasteiger partial charge in [-0.2, -0.15) is 0 Å². The van der Waals surface area contributed by atoms with E-state index in [1.807, 2.05) is 0 Å². The first kappa shape index (κ1) is 59.5. The van der Waals surface area contributed by atoms with Gasteiger partial charge in [-0.3, -0.25) is 9.59 Å². The first-order valence-corrected chi connectivity index (χ1v) is 27.7. The molecule has 0 bridgehead atoms. The Balaban J connectivity index is 0.896. The maximum Gasteiger partial charge on any atom is 0.312 e. The molecule has 4 saturated heterocycles. The fraction of sp³-hybridized carbons (Fsp3) is 0.926. The highest BCUT2D eigenvalue weighted by atomic mass is 16.8. The maximum absolute atomic E-state index is 13.2. The highest BCUT2D eigenvalue weighted by molar-refractivity contribution is 5.77. The van der Waals surface area contributed by atoms with E-state index in [9.17, 15) is 70.9 Å². The number of carboxylic acids is 1. The Labute approximate surface area is 449 Å². The van der Waals surface area contributed by atoms with E-state index in [1.165, 1.54) is 12.5 Å². The third kappa shape index (κ3) is 9.96. The second kappa shape index (κ2) is 21.6. The fourth-order valence-corrected chi connectivity index (χ4v) is 16.5. The van der Waals surface area contributed by atoms with Crippen LogP contribution < -0.4 is 5.32 Å². The zero-order chi connectivity index (χ0) is 56.3. The van der Waals surface area contributed by atoms with Crippen LogP contribution in [0.2, 0.25) is 0 Å².